The highest BCUT2D eigenvalue weighted by Gasteiger charge is 2.15. The molecule has 114 valence electrons. The molecule has 0 aliphatic heterocycles. The van der Waals surface area contributed by atoms with Gasteiger partial charge < -0.3 is 15.7 Å². The average molecular weight is 298 g/mol. The van der Waals surface area contributed by atoms with E-state index in [1.165, 1.54) is 13.1 Å². The number of phenols is 1. The highest BCUT2D eigenvalue weighted by atomic mass is 16.3. The van der Waals surface area contributed by atoms with Gasteiger partial charge in [0.25, 0.3) is 0 Å². The van der Waals surface area contributed by atoms with Crippen LogP contribution in [0.3, 0.4) is 0 Å². The highest BCUT2D eigenvalue weighted by molar-refractivity contribution is 6.15. The van der Waals surface area contributed by atoms with Crippen LogP contribution in [0.25, 0.3) is 0 Å². The van der Waals surface area contributed by atoms with E-state index in [-0.39, 0.29) is 17.4 Å². The van der Waals surface area contributed by atoms with Crippen LogP contribution >= 0.6 is 0 Å². The van der Waals surface area contributed by atoms with Crippen LogP contribution in [0.1, 0.15) is 23.6 Å². The minimum absolute atomic E-state index is 0.138. The van der Waals surface area contributed by atoms with Crippen molar-refractivity contribution in [2.45, 2.75) is 13.8 Å². The summed E-state index contributed by atoms with van der Waals surface area (Å²) >= 11 is 0. The van der Waals surface area contributed by atoms with Crippen molar-refractivity contribution in [3.63, 3.8) is 0 Å². The van der Waals surface area contributed by atoms with E-state index in [2.05, 4.69) is 15.6 Å². The lowest BCUT2D eigenvalue weighted by Gasteiger charge is -2.14. The van der Waals surface area contributed by atoms with E-state index < -0.39 is 0 Å². The zero-order valence-electron chi connectivity index (χ0n) is 12.7. The fraction of sp³-hybridized carbons (Fsp3) is 0.188. The molecule has 0 aliphatic carbocycles. The number of carbonyl (C=O) groups excluding carboxylic acids is 1. The molecule has 4 N–H and O–H groups in total. The van der Waals surface area contributed by atoms with E-state index in [0.717, 1.165) is 0 Å². The van der Waals surface area contributed by atoms with Crippen LogP contribution in [-0.4, -0.2) is 28.8 Å². The Balaban J connectivity index is 2.51. The molecule has 0 saturated heterocycles. The van der Waals surface area contributed by atoms with E-state index in [0.29, 0.717) is 28.2 Å². The summed E-state index contributed by atoms with van der Waals surface area (Å²) in [6.07, 6.45) is 1.53. The lowest BCUT2D eigenvalue weighted by Crippen LogP contribution is -2.12. The fourth-order valence-electron chi connectivity index (χ4n) is 2.17. The molecule has 1 amide bonds. The summed E-state index contributed by atoms with van der Waals surface area (Å²) in [5, 5.41) is 23.8. The van der Waals surface area contributed by atoms with Crippen molar-refractivity contribution in [1.82, 2.24) is 4.98 Å². The minimum Gasteiger partial charge on any atom is -0.508 e. The Labute approximate surface area is 128 Å². The molecule has 1 aromatic heterocycles. The SMILES string of the molecule is CNc1ncc(NC(C)=O)cc1C(=N)c1cccc(O)c1C. The molecule has 1 heterocycles. The Hall–Kier alpha value is -2.89. The second kappa shape index (κ2) is 6.26. The number of amides is 1. The number of benzene rings is 1. The van der Waals surface area contributed by atoms with Crippen LogP contribution in [0.15, 0.2) is 30.5 Å². The van der Waals surface area contributed by atoms with Crippen molar-refractivity contribution >= 4 is 23.1 Å². The molecule has 2 rings (SSSR count). The first-order chi connectivity index (χ1) is 10.4. The lowest BCUT2D eigenvalue weighted by molar-refractivity contribution is -0.114. The Bertz CT molecular complexity index is 741. The van der Waals surface area contributed by atoms with Crippen LogP contribution < -0.4 is 10.6 Å². The Kier molecular flexibility index (Phi) is 4.41. The molecule has 6 heteroatoms. The summed E-state index contributed by atoms with van der Waals surface area (Å²) < 4.78 is 0. The Morgan fingerprint density at radius 3 is 2.68 bits per heavy atom. The van der Waals surface area contributed by atoms with Gasteiger partial charge in [-0.2, -0.15) is 0 Å². The van der Waals surface area contributed by atoms with Crippen molar-refractivity contribution in [3.8, 4) is 5.75 Å². The van der Waals surface area contributed by atoms with Gasteiger partial charge in [-0.3, -0.25) is 10.2 Å². The second-order valence-corrected chi connectivity index (χ2v) is 4.88. The minimum atomic E-state index is -0.204. The van der Waals surface area contributed by atoms with Gasteiger partial charge in [0.15, 0.2) is 0 Å². The maximum absolute atomic E-state index is 11.2. The Morgan fingerprint density at radius 2 is 2.05 bits per heavy atom. The van der Waals surface area contributed by atoms with E-state index in [9.17, 15) is 9.90 Å². The lowest BCUT2D eigenvalue weighted by atomic mass is 9.98. The summed E-state index contributed by atoms with van der Waals surface area (Å²) in [6.45, 7) is 3.17. The van der Waals surface area contributed by atoms with Crippen LogP contribution in [0, 0.1) is 12.3 Å². The first-order valence-corrected chi connectivity index (χ1v) is 6.77. The van der Waals surface area contributed by atoms with Crippen molar-refractivity contribution in [2.75, 3.05) is 17.7 Å². The van der Waals surface area contributed by atoms with Crippen LogP contribution in [0.5, 0.6) is 5.75 Å². The number of rotatable bonds is 4. The molecule has 0 atom stereocenters. The van der Waals surface area contributed by atoms with Gasteiger partial charge >= 0.3 is 0 Å². The standard InChI is InChI=1S/C16H18N4O2/c1-9-12(5-4-6-14(9)22)15(17)13-7-11(20-10(2)21)8-19-16(13)18-3/h4-8,17,22H,1-3H3,(H,18,19)(H,20,21). The third-order valence-electron chi connectivity index (χ3n) is 3.29. The quantitative estimate of drug-likeness (QED) is 0.652. The van der Waals surface area contributed by atoms with E-state index in [4.69, 9.17) is 5.41 Å². The third-order valence-corrected chi connectivity index (χ3v) is 3.29. The number of phenolic OH excluding ortho intramolecular Hbond substituents is 1. The summed E-state index contributed by atoms with van der Waals surface area (Å²) in [7, 11) is 1.71. The summed E-state index contributed by atoms with van der Waals surface area (Å²) in [4.78, 5) is 15.4. The first kappa shape index (κ1) is 15.5. The molecule has 0 bridgehead atoms. The molecular formula is C16H18N4O2. The number of anilines is 2. The molecule has 0 aliphatic rings. The normalized spacial score (nSPS) is 10.1. The van der Waals surface area contributed by atoms with Crippen molar-refractivity contribution < 1.29 is 9.90 Å². The van der Waals surface area contributed by atoms with E-state index in [1.54, 1.807) is 38.2 Å². The van der Waals surface area contributed by atoms with E-state index in [1.807, 2.05) is 0 Å². The first-order valence-electron chi connectivity index (χ1n) is 6.77. The molecule has 22 heavy (non-hydrogen) atoms. The second-order valence-electron chi connectivity index (χ2n) is 4.88. The monoisotopic (exact) mass is 298 g/mol. The number of hydrogen-bond donors (Lipinski definition) is 4. The molecule has 0 unspecified atom stereocenters. The Morgan fingerprint density at radius 1 is 1.32 bits per heavy atom. The average Bonchev–Trinajstić information content (AvgIpc) is 2.48. The number of nitrogens with zero attached hydrogens (tertiary/aromatic N) is 1. The topological polar surface area (TPSA) is 98.1 Å². The zero-order valence-corrected chi connectivity index (χ0v) is 12.7. The molecule has 2 aromatic rings. The van der Waals surface area contributed by atoms with Gasteiger partial charge in [-0.1, -0.05) is 12.1 Å². The highest BCUT2D eigenvalue weighted by Crippen LogP contribution is 2.25. The summed E-state index contributed by atoms with van der Waals surface area (Å²) in [5.74, 6) is 0.464. The smallest absolute Gasteiger partial charge is 0.221 e. The molecule has 1 aromatic carbocycles. The predicted molar refractivity (Wildman–Crippen MR) is 86.9 cm³/mol. The predicted octanol–water partition coefficient (Wildman–Crippen LogP) is 2.51. The third kappa shape index (κ3) is 3.06. The van der Waals surface area contributed by atoms with Crippen LogP contribution in [0.4, 0.5) is 11.5 Å². The van der Waals surface area contributed by atoms with Crippen molar-refractivity contribution in [2.24, 2.45) is 0 Å². The number of hydrogen-bond acceptors (Lipinski definition) is 5. The summed E-state index contributed by atoms with van der Waals surface area (Å²) in [5.41, 5.74) is 2.52. The number of nitrogens with one attached hydrogen (secondary N) is 3. The van der Waals surface area contributed by atoms with Crippen molar-refractivity contribution in [1.29, 1.82) is 5.41 Å². The largest absolute Gasteiger partial charge is 0.508 e. The van der Waals surface area contributed by atoms with E-state index >= 15 is 0 Å². The van der Waals surface area contributed by atoms with Gasteiger partial charge in [0.1, 0.15) is 11.6 Å². The number of pyridine rings is 1. The van der Waals surface area contributed by atoms with Gasteiger partial charge in [-0.25, -0.2) is 4.98 Å². The van der Waals surface area contributed by atoms with Gasteiger partial charge in [0.05, 0.1) is 17.6 Å². The van der Waals surface area contributed by atoms with Gasteiger partial charge in [0, 0.05) is 30.7 Å². The van der Waals surface area contributed by atoms with Gasteiger partial charge in [-0.15, -0.1) is 0 Å². The zero-order chi connectivity index (χ0) is 16.3. The molecule has 0 saturated carbocycles. The summed E-state index contributed by atoms with van der Waals surface area (Å²) in [6, 6.07) is 6.72. The fourth-order valence-corrected chi connectivity index (χ4v) is 2.17. The number of carbonyl (C=O) groups is 1. The molecule has 6 nitrogen and oxygen atoms in total. The van der Waals surface area contributed by atoms with Crippen LogP contribution in [-0.2, 0) is 4.79 Å². The molecule has 0 spiro atoms. The molecular weight excluding hydrogens is 280 g/mol. The van der Waals surface area contributed by atoms with Crippen LogP contribution in [0.2, 0.25) is 0 Å². The van der Waals surface area contributed by atoms with Gasteiger partial charge in [0.2, 0.25) is 5.91 Å². The maximum atomic E-state index is 11.2. The molecule has 0 fully saturated rings. The number of aromatic hydroxyl groups is 1. The van der Waals surface area contributed by atoms with Gasteiger partial charge in [-0.05, 0) is 19.1 Å². The molecule has 0 radical (unpaired) electrons. The van der Waals surface area contributed by atoms with Crippen molar-refractivity contribution in [3.05, 3.63) is 47.2 Å². The number of aromatic nitrogens is 1. The maximum Gasteiger partial charge on any atom is 0.221 e.